The van der Waals surface area contributed by atoms with Crippen LogP contribution in [0.25, 0.3) is 0 Å². The van der Waals surface area contributed by atoms with Crippen molar-refractivity contribution in [2.24, 2.45) is 0 Å². The van der Waals surface area contributed by atoms with Crippen molar-refractivity contribution in [3.63, 3.8) is 0 Å². The van der Waals surface area contributed by atoms with E-state index in [-0.39, 0.29) is 11.3 Å². The third-order valence-electron chi connectivity index (χ3n) is 4.18. The van der Waals surface area contributed by atoms with Crippen molar-refractivity contribution in [3.8, 4) is 17.2 Å². The van der Waals surface area contributed by atoms with E-state index in [4.69, 9.17) is 14.2 Å². The van der Waals surface area contributed by atoms with Gasteiger partial charge in [-0.3, -0.25) is 4.79 Å². The van der Waals surface area contributed by atoms with Gasteiger partial charge in [0, 0.05) is 12.1 Å². The molecule has 0 bridgehead atoms. The van der Waals surface area contributed by atoms with E-state index in [0.717, 1.165) is 28.4 Å². The molecule has 2 aromatic carbocycles. The normalized spacial score (nSPS) is 16.8. The van der Waals surface area contributed by atoms with Crippen molar-refractivity contribution in [2.45, 2.75) is 11.9 Å². The zero-order valence-corrected chi connectivity index (χ0v) is 15.3. The molecule has 1 unspecified atom stereocenters. The predicted molar refractivity (Wildman–Crippen MR) is 98.3 cm³/mol. The minimum atomic E-state index is -0.0975. The van der Waals surface area contributed by atoms with Crippen molar-refractivity contribution in [2.75, 3.05) is 27.1 Å². The lowest BCUT2D eigenvalue weighted by atomic mass is 10.1. The van der Waals surface area contributed by atoms with Crippen LogP contribution in [0, 0.1) is 0 Å². The lowest BCUT2D eigenvalue weighted by Crippen LogP contribution is -2.27. The predicted octanol–water partition coefficient (Wildman–Crippen LogP) is 3.49. The Morgan fingerprint density at radius 2 is 1.68 bits per heavy atom. The Hall–Kier alpha value is -2.34. The first kappa shape index (κ1) is 17.5. The van der Waals surface area contributed by atoms with E-state index >= 15 is 0 Å². The Balaban J connectivity index is 1.88. The zero-order valence-electron chi connectivity index (χ0n) is 14.5. The number of hydrogen-bond acceptors (Lipinski definition) is 5. The number of benzene rings is 2. The van der Waals surface area contributed by atoms with Crippen LogP contribution in [0.4, 0.5) is 0 Å². The Morgan fingerprint density at radius 1 is 1.00 bits per heavy atom. The van der Waals surface area contributed by atoms with E-state index in [1.165, 1.54) is 0 Å². The van der Waals surface area contributed by atoms with Crippen molar-refractivity contribution < 1.29 is 19.0 Å². The van der Waals surface area contributed by atoms with E-state index in [1.54, 1.807) is 33.1 Å². The van der Waals surface area contributed by atoms with E-state index in [0.29, 0.717) is 12.3 Å². The van der Waals surface area contributed by atoms with Crippen LogP contribution in [-0.4, -0.2) is 37.9 Å². The summed E-state index contributed by atoms with van der Waals surface area (Å²) in [6, 6.07) is 13.5. The summed E-state index contributed by atoms with van der Waals surface area (Å²) < 4.78 is 16.0. The molecule has 1 amide bonds. The van der Waals surface area contributed by atoms with Gasteiger partial charge in [-0.1, -0.05) is 12.1 Å². The molecular formula is C19H21NO4S. The largest absolute Gasteiger partial charge is 0.497 e. The lowest BCUT2D eigenvalue weighted by molar-refractivity contribution is -0.128. The molecule has 1 aliphatic heterocycles. The van der Waals surface area contributed by atoms with Gasteiger partial charge in [-0.15, -0.1) is 11.8 Å². The van der Waals surface area contributed by atoms with Crippen LogP contribution in [0.5, 0.6) is 17.2 Å². The number of methoxy groups -OCH3 is 3. The first-order chi connectivity index (χ1) is 12.2. The number of carbonyl (C=O) groups excluding carboxylic acids is 1. The smallest absolute Gasteiger partial charge is 0.234 e. The Morgan fingerprint density at radius 3 is 2.32 bits per heavy atom. The summed E-state index contributed by atoms with van der Waals surface area (Å²) in [6.07, 6.45) is 0. The highest BCUT2D eigenvalue weighted by molar-refractivity contribution is 8.00. The minimum Gasteiger partial charge on any atom is -0.497 e. The first-order valence-corrected chi connectivity index (χ1v) is 8.97. The fourth-order valence-electron chi connectivity index (χ4n) is 2.84. The summed E-state index contributed by atoms with van der Waals surface area (Å²) in [5.74, 6) is 2.89. The molecule has 25 heavy (non-hydrogen) atoms. The molecule has 2 aromatic rings. The third kappa shape index (κ3) is 3.69. The van der Waals surface area contributed by atoms with Crippen LogP contribution in [0.2, 0.25) is 0 Å². The summed E-state index contributed by atoms with van der Waals surface area (Å²) in [5, 5.41) is -0.0975. The summed E-state index contributed by atoms with van der Waals surface area (Å²) in [6.45, 7) is 0.543. The molecule has 1 aliphatic rings. The number of amides is 1. The van der Waals surface area contributed by atoms with E-state index in [1.807, 2.05) is 47.4 Å². The highest BCUT2D eigenvalue weighted by Gasteiger charge is 2.34. The summed E-state index contributed by atoms with van der Waals surface area (Å²) in [5.41, 5.74) is 2.01. The first-order valence-electron chi connectivity index (χ1n) is 7.92. The molecule has 0 saturated carbocycles. The number of rotatable bonds is 6. The van der Waals surface area contributed by atoms with Gasteiger partial charge in [-0.25, -0.2) is 0 Å². The summed E-state index contributed by atoms with van der Waals surface area (Å²) >= 11 is 1.60. The molecule has 6 heteroatoms. The van der Waals surface area contributed by atoms with Gasteiger partial charge in [0.2, 0.25) is 5.91 Å². The van der Waals surface area contributed by atoms with Gasteiger partial charge in [0.15, 0.2) is 0 Å². The molecule has 0 aromatic heterocycles. The second kappa shape index (κ2) is 7.70. The number of ether oxygens (including phenoxy) is 3. The van der Waals surface area contributed by atoms with Crippen LogP contribution in [0.3, 0.4) is 0 Å². The second-order valence-electron chi connectivity index (χ2n) is 5.64. The average molecular weight is 359 g/mol. The molecule has 1 saturated heterocycles. The minimum absolute atomic E-state index is 0.0975. The lowest BCUT2D eigenvalue weighted by Gasteiger charge is -2.26. The monoisotopic (exact) mass is 359 g/mol. The number of nitrogens with zero attached hydrogens (tertiary/aromatic N) is 1. The molecule has 3 rings (SSSR count). The Labute approximate surface area is 151 Å². The van der Waals surface area contributed by atoms with Crippen molar-refractivity contribution in [3.05, 3.63) is 53.6 Å². The fourth-order valence-corrected chi connectivity index (χ4v) is 4.04. The molecule has 0 N–H and O–H groups in total. The van der Waals surface area contributed by atoms with Gasteiger partial charge in [0.05, 0.1) is 27.1 Å². The SMILES string of the molecule is COc1ccc(CN2C(=O)CSC2c2cc(OC)ccc2OC)cc1. The molecule has 132 valence electrons. The number of carbonyl (C=O) groups is 1. The van der Waals surface area contributed by atoms with Crippen molar-refractivity contribution in [1.29, 1.82) is 0 Å². The molecule has 1 fully saturated rings. The molecule has 5 nitrogen and oxygen atoms in total. The second-order valence-corrected chi connectivity index (χ2v) is 6.71. The standard InChI is InChI=1S/C19H21NO4S/c1-22-14-6-4-13(5-7-14)11-20-18(21)12-25-19(20)16-10-15(23-2)8-9-17(16)24-3/h4-10,19H,11-12H2,1-3H3. The molecular weight excluding hydrogens is 338 g/mol. The molecule has 0 radical (unpaired) electrons. The maximum Gasteiger partial charge on any atom is 0.234 e. The van der Waals surface area contributed by atoms with Crippen LogP contribution in [-0.2, 0) is 11.3 Å². The van der Waals surface area contributed by atoms with Gasteiger partial charge in [0.1, 0.15) is 22.6 Å². The maximum absolute atomic E-state index is 12.4. The van der Waals surface area contributed by atoms with Crippen molar-refractivity contribution >= 4 is 17.7 Å². The average Bonchev–Trinajstić information content (AvgIpc) is 3.02. The zero-order chi connectivity index (χ0) is 17.8. The van der Waals surface area contributed by atoms with Crippen LogP contribution in [0.1, 0.15) is 16.5 Å². The molecule has 1 atom stereocenters. The van der Waals surface area contributed by atoms with Gasteiger partial charge < -0.3 is 19.1 Å². The van der Waals surface area contributed by atoms with Gasteiger partial charge in [0.25, 0.3) is 0 Å². The molecule has 0 aliphatic carbocycles. The topological polar surface area (TPSA) is 48.0 Å². The van der Waals surface area contributed by atoms with E-state index in [2.05, 4.69) is 0 Å². The van der Waals surface area contributed by atoms with Gasteiger partial charge in [-0.2, -0.15) is 0 Å². The fraction of sp³-hybridized carbons (Fsp3) is 0.316. The number of hydrogen-bond donors (Lipinski definition) is 0. The molecule has 0 spiro atoms. The van der Waals surface area contributed by atoms with Crippen LogP contribution >= 0.6 is 11.8 Å². The van der Waals surface area contributed by atoms with Crippen LogP contribution < -0.4 is 14.2 Å². The van der Waals surface area contributed by atoms with Gasteiger partial charge >= 0.3 is 0 Å². The van der Waals surface area contributed by atoms with Crippen LogP contribution in [0.15, 0.2) is 42.5 Å². The van der Waals surface area contributed by atoms with Crippen molar-refractivity contribution in [1.82, 2.24) is 4.90 Å². The number of thioether (sulfide) groups is 1. The molecule has 1 heterocycles. The van der Waals surface area contributed by atoms with Gasteiger partial charge in [-0.05, 0) is 35.9 Å². The Kier molecular flexibility index (Phi) is 5.38. The highest BCUT2D eigenvalue weighted by atomic mass is 32.2. The summed E-state index contributed by atoms with van der Waals surface area (Å²) in [7, 11) is 4.91. The highest BCUT2D eigenvalue weighted by Crippen LogP contribution is 2.44. The van der Waals surface area contributed by atoms with E-state index in [9.17, 15) is 4.79 Å². The quantitative estimate of drug-likeness (QED) is 0.790. The van der Waals surface area contributed by atoms with E-state index < -0.39 is 0 Å². The summed E-state index contributed by atoms with van der Waals surface area (Å²) in [4.78, 5) is 14.3. The maximum atomic E-state index is 12.4. The Bertz CT molecular complexity index is 748. The third-order valence-corrected chi connectivity index (χ3v) is 5.42.